The predicted octanol–water partition coefficient (Wildman–Crippen LogP) is 3.50. The summed E-state index contributed by atoms with van der Waals surface area (Å²) in [5.74, 6) is -1.69. The number of nitrogens with one attached hydrogen (secondary N) is 2. The zero-order chi connectivity index (χ0) is 20.8. The second kappa shape index (κ2) is 9.41. The third kappa shape index (κ3) is 5.13. The molecule has 0 unspecified atom stereocenters. The fourth-order valence-corrected chi connectivity index (χ4v) is 3.01. The van der Waals surface area contributed by atoms with Crippen LogP contribution >= 0.6 is 11.6 Å². The number of aromatic amines is 1. The van der Waals surface area contributed by atoms with Gasteiger partial charge >= 0.3 is 11.9 Å². The Morgan fingerprint density at radius 3 is 2.54 bits per heavy atom. The van der Waals surface area contributed by atoms with Crippen molar-refractivity contribution in [1.82, 2.24) is 10.3 Å². The number of carbonyl (C=O) groups is 3. The molecular weight excluding hydrogens is 384 g/mol. The van der Waals surface area contributed by atoms with Gasteiger partial charge in [0.25, 0.3) is 5.91 Å². The molecule has 1 heterocycles. The standard InChI is InChI=1S/C20H23ClN2O5/c1-5-27-19(25)17-11(2)18(23-13(17)4)20(26)28-10-16(24)22-12(3)14-7-6-8-15(21)9-14/h6-9,12,23H,5,10H2,1-4H3,(H,22,24)/t12-/m0/s1. The maximum atomic E-state index is 12.3. The molecule has 0 radical (unpaired) electrons. The van der Waals surface area contributed by atoms with E-state index in [-0.39, 0.29) is 18.3 Å². The van der Waals surface area contributed by atoms with Gasteiger partial charge in [0.1, 0.15) is 5.69 Å². The van der Waals surface area contributed by atoms with Crippen LogP contribution in [0.2, 0.25) is 5.02 Å². The molecule has 0 spiro atoms. The van der Waals surface area contributed by atoms with E-state index < -0.39 is 24.5 Å². The quantitative estimate of drug-likeness (QED) is 0.686. The van der Waals surface area contributed by atoms with E-state index in [4.69, 9.17) is 21.1 Å². The van der Waals surface area contributed by atoms with Crippen LogP contribution in [0.15, 0.2) is 24.3 Å². The highest BCUT2D eigenvalue weighted by atomic mass is 35.5. The number of hydrogen-bond acceptors (Lipinski definition) is 5. The summed E-state index contributed by atoms with van der Waals surface area (Å²) in [5, 5.41) is 3.31. The molecule has 2 rings (SSSR count). The van der Waals surface area contributed by atoms with Gasteiger partial charge in [-0.15, -0.1) is 0 Å². The van der Waals surface area contributed by atoms with Gasteiger partial charge in [0.15, 0.2) is 6.61 Å². The van der Waals surface area contributed by atoms with Crippen molar-refractivity contribution >= 4 is 29.4 Å². The molecule has 0 aliphatic carbocycles. The van der Waals surface area contributed by atoms with Gasteiger partial charge in [-0.05, 0) is 51.0 Å². The van der Waals surface area contributed by atoms with Gasteiger partial charge in [-0.25, -0.2) is 9.59 Å². The van der Waals surface area contributed by atoms with Crippen molar-refractivity contribution in [2.45, 2.75) is 33.7 Å². The third-order valence-electron chi connectivity index (χ3n) is 4.18. The van der Waals surface area contributed by atoms with Crippen LogP contribution in [-0.4, -0.2) is 36.0 Å². The summed E-state index contributed by atoms with van der Waals surface area (Å²) in [5.41, 5.74) is 2.18. The Bertz CT molecular complexity index is 891. The first-order valence-electron chi connectivity index (χ1n) is 8.82. The van der Waals surface area contributed by atoms with Crippen LogP contribution in [0, 0.1) is 13.8 Å². The first kappa shape index (κ1) is 21.5. The Morgan fingerprint density at radius 2 is 1.89 bits per heavy atom. The first-order valence-corrected chi connectivity index (χ1v) is 9.20. The second-order valence-electron chi connectivity index (χ2n) is 6.27. The number of aromatic nitrogens is 1. The number of aryl methyl sites for hydroxylation is 1. The number of H-pyrrole nitrogens is 1. The summed E-state index contributed by atoms with van der Waals surface area (Å²) in [7, 11) is 0. The smallest absolute Gasteiger partial charge is 0.355 e. The Hall–Kier alpha value is -2.80. The molecule has 1 amide bonds. The lowest BCUT2D eigenvalue weighted by Crippen LogP contribution is -2.31. The Balaban J connectivity index is 1.97. The van der Waals surface area contributed by atoms with Crippen molar-refractivity contribution in [2.75, 3.05) is 13.2 Å². The summed E-state index contributed by atoms with van der Waals surface area (Å²) < 4.78 is 10.1. The Morgan fingerprint density at radius 1 is 1.18 bits per heavy atom. The maximum absolute atomic E-state index is 12.3. The van der Waals surface area contributed by atoms with Crippen molar-refractivity contribution in [3.8, 4) is 0 Å². The van der Waals surface area contributed by atoms with E-state index in [1.54, 1.807) is 45.9 Å². The summed E-state index contributed by atoms with van der Waals surface area (Å²) in [6.07, 6.45) is 0. The van der Waals surface area contributed by atoms with Gasteiger partial charge in [-0.2, -0.15) is 0 Å². The minimum atomic E-state index is -0.721. The fourth-order valence-electron chi connectivity index (χ4n) is 2.81. The molecule has 1 atom stereocenters. The number of ether oxygens (including phenoxy) is 2. The van der Waals surface area contributed by atoms with Crippen molar-refractivity contribution in [3.63, 3.8) is 0 Å². The minimum absolute atomic E-state index is 0.122. The van der Waals surface area contributed by atoms with Crippen molar-refractivity contribution in [3.05, 3.63) is 57.4 Å². The molecule has 28 heavy (non-hydrogen) atoms. The Kier molecular flexibility index (Phi) is 7.23. The molecule has 0 fully saturated rings. The largest absolute Gasteiger partial charge is 0.462 e. The van der Waals surface area contributed by atoms with Gasteiger partial charge in [0, 0.05) is 10.7 Å². The normalized spacial score (nSPS) is 11.6. The molecule has 150 valence electrons. The lowest BCUT2D eigenvalue weighted by molar-refractivity contribution is -0.124. The molecule has 0 saturated carbocycles. The zero-order valence-corrected chi connectivity index (χ0v) is 17.0. The van der Waals surface area contributed by atoms with Crippen LogP contribution in [0.4, 0.5) is 0 Å². The van der Waals surface area contributed by atoms with E-state index >= 15 is 0 Å². The highest BCUT2D eigenvalue weighted by Gasteiger charge is 2.24. The second-order valence-corrected chi connectivity index (χ2v) is 6.70. The van der Waals surface area contributed by atoms with Crippen LogP contribution in [0.1, 0.15) is 57.6 Å². The van der Waals surface area contributed by atoms with Crippen molar-refractivity contribution < 1.29 is 23.9 Å². The van der Waals surface area contributed by atoms with Crippen LogP contribution in [0.5, 0.6) is 0 Å². The van der Waals surface area contributed by atoms with E-state index in [0.29, 0.717) is 21.8 Å². The van der Waals surface area contributed by atoms with Gasteiger partial charge in [0.2, 0.25) is 0 Å². The molecule has 0 aliphatic heterocycles. The third-order valence-corrected chi connectivity index (χ3v) is 4.42. The van der Waals surface area contributed by atoms with E-state index in [9.17, 15) is 14.4 Å². The van der Waals surface area contributed by atoms with Crippen LogP contribution in [0.3, 0.4) is 0 Å². The number of rotatable bonds is 7. The van der Waals surface area contributed by atoms with Crippen LogP contribution in [0.25, 0.3) is 0 Å². The number of esters is 2. The average molecular weight is 407 g/mol. The van der Waals surface area contributed by atoms with Crippen LogP contribution < -0.4 is 5.32 Å². The lowest BCUT2D eigenvalue weighted by Gasteiger charge is -2.14. The SMILES string of the molecule is CCOC(=O)c1c(C)[nH]c(C(=O)OCC(=O)N[C@@H](C)c2cccc(Cl)c2)c1C. The number of halogens is 1. The molecule has 1 aromatic heterocycles. The maximum Gasteiger partial charge on any atom is 0.355 e. The number of carbonyl (C=O) groups excluding carboxylic acids is 3. The summed E-state index contributed by atoms with van der Waals surface area (Å²) in [4.78, 5) is 39.2. The average Bonchev–Trinajstić information content (AvgIpc) is 2.94. The van der Waals surface area contributed by atoms with E-state index in [2.05, 4.69) is 10.3 Å². The molecule has 0 aliphatic rings. The predicted molar refractivity (Wildman–Crippen MR) is 105 cm³/mol. The summed E-state index contributed by atoms with van der Waals surface area (Å²) >= 11 is 5.95. The zero-order valence-electron chi connectivity index (χ0n) is 16.2. The van der Waals surface area contributed by atoms with E-state index in [1.807, 2.05) is 6.07 Å². The van der Waals surface area contributed by atoms with Gasteiger partial charge in [-0.1, -0.05) is 23.7 Å². The van der Waals surface area contributed by atoms with E-state index in [1.165, 1.54) is 0 Å². The van der Waals surface area contributed by atoms with Gasteiger partial charge in [0.05, 0.1) is 18.2 Å². The molecule has 8 heteroatoms. The molecule has 0 saturated heterocycles. The molecule has 2 aromatic rings. The monoisotopic (exact) mass is 406 g/mol. The van der Waals surface area contributed by atoms with Crippen LogP contribution in [-0.2, 0) is 14.3 Å². The lowest BCUT2D eigenvalue weighted by atomic mass is 10.1. The molecule has 2 N–H and O–H groups in total. The van der Waals surface area contributed by atoms with Gasteiger partial charge in [-0.3, -0.25) is 4.79 Å². The fraction of sp³-hybridized carbons (Fsp3) is 0.350. The number of benzene rings is 1. The minimum Gasteiger partial charge on any atom is -0.462 e. The highest BCUT2D eigenvalue weighted by molar-refractivity contribution is 6.30. The van der Waals surface area contributed by atoms with Crippen molar-refractivity contribution in [1.29, 1.82) is 0 Å². The molecule has 0 bridgehead atoms. The van der Waals surface area contributed by atoms with Gasteiger partial charge < -0.3 is 19.8 Å². The molecule has 1 aromatic carbocycles. The van der Waals surface area contributed by atoms with E-state index in [0.717, 1.165) is 5.56 Å². The first-order chi connectivity index (χ1) is 13.2. The number of hydrogen-bond donors (Lipinski definition) is 2. The van der Waals surface area contributed by atoms with Crippen molar-refractivity contribution in [2.24, 2.45) is 0 Å². The topological polar surface area (TPSA) is 97.5 Å². The molecule has 7 nitrogen and oxygen atoms in total. The number of amides is 1. The summed E-state index contributed by atoms with van der Waals surface area (Å²) in [6, 6.07) is 6.82. The highest BCUT2D eigenvalue weighted by Crippen LogP contribution is 2.20. The summed E-state index contributed by atoms with van der Waals surface area (Å²) in [6.45, 7) is 6.57. The Labute approximate surface area is 168 Å². The molecular formula is C20H23ClN2O5.